The van der Waals surface area contributed by atoms with Gasteiger partial charge in [-0.3, -0.25) is 9.10 Å². The molecule has 0 aromatic heterocycles. The smallest absolute Gasteiger partial charge is 0.244 e. The third kappa shape index (κ3) is 3.65. The maximum atomic E-state index is 13.3. The van der Waals surface area contributed by atoms with E-state index in [2.05, 4.69) is 0 Å². The topological polar surface area (TPSA) is 57.7 Å². The molecule has 120 valence electrons. The minimum Gasteiger partial charge on any atom is -0.331 e. The molecule has 22 heavy (non-hydrogen) atoms. The van der Waals surface area contributed by atoms with Gasteiger partial charge in [-0.15, -0.1) is 0 Å². The quantitative estimate of drug-likeness (QED) is 0.775. The van der Waals surface area contributed by atoms with Crippen LogP contribution in [0.4, 0.5) is 10.1 Å². The third-order valence-electron chi connectivity index (χ3n) is 3.57. The number of carbonyl (C=O) groups is 1. The van der Waals surface area contributed by atoms with E-state index in [0.29, 0.717) is 6.54 Å². The molecule has 1 heterocycles. The number of amides is 1. The Kier molecular flexibility index (Phi) is 4.85. The molecule has 0 N–H and O–H groups in total. The van der Waals surface area contributed by atoms with Crippen LogP contribution in [-0.4, -0.2) is 44.6 Å². The molecule has 1 atom stereocenters. The number of halogens is 1. The molecule has 0 aliphatic carbocycles. The summed E-state index contributed by atoms with van der Waals surface area (Å²) in [5.74, 6) is -0.848. The summed E-state index contributed by atoms with van der Waals surface area (Å²) in [7, 11) is -3.68. The SMILES string of the molecule is CCC1C=CCN1C(=O)CN(c1cccc(F)c1)S(C)(=O)=O. The highest BCUT2D eigenvalue weighted by atomic mass is 32.2. The van der Waals surface area contributed by atoms with E-state index in [9.17, 15) is 17.6 Å². The lowest BCUT2D eigenvalue weighted by Gasteiger charge is -2.28. The van der Waals surface area contributed by atoms with Crippen LogP contribution in [0, 0.1) is 5.82 Å². The van der Waals surface area contributed by atoms with Crippen LogP contribution in [0.3, 0.4) is 0 Å². The zero-order valence-corrected chi connectivity index (χ0v) is 13.4. The van der Waals surface area contributed by atoms with Crippen molar-refractivity contribution in [2.45, 2.75) is 19.4 Å². The predicted octanol–water partition coefficient (Wildman–Crippen LogP) is 1.77. The Bertz CT molecular complexity index is 688. The number of hydrogen-bond acceptors (Lipinski definition) is 3. The van der Waals surface area contributed by atoms with Gasteiger partial charge in [-0.25, -0.2) is 12.8 Å². The van der Waals surface area contributed by atoms with Crippen LogP contribution in [0.25, 0.3) is 0 Å². The van der Waals surface area contributed by atoms with Gasteiger partial charge in [0.15, 0.2) is 0 Å². The number of carbonyl (C=O) groups excluding carboxylic acids is 1. The van der Waals surface area contributed by atoms with Gasteiger partial charge in [-0.2, -0.15) is 0 Å². The normalized spacial score (nSPS) is 17.8. The Balaban J connectivity index is 2.23. The van der Waals surface area contributed by atoms with Crippen molar-refractivity contribution in [2.24, 2.45) is 0 Å². The lowest BCUT2D eigenvalue weighted by molar-refractivity contribution is -0.129. The van der Waals surface area contributed by atoms with Gasteiger partial charge in [-0.1, -0.05) is 25.1 Å². The average Bonchev–Trinajstić information content (AvgIpc) is 2.91. The second kappa shape index (κ2) is 6.48. The lowest BCUT2D eigenvalue weighted by atomic mass is 10.2. The number of rotatable bonds is 5. The van der Waals surface area contributed by atoms with E-state index in [1.54, 1.807) is 4.90 Å². The molecule has 5 nitrogen and oxygen atoms in total. The summed E-state index contributed by atoms with van der Waals surface area (Å²) in [4.78, 5) is 14.0. The summed E-state index contributed by atoms with van der Waals surface area (Å²) in [5, 5.41) is 0. The molecule has 1 aliphatic rings. The fourth-order valence-corrected chi connectivity index (χ4v) is 3.30. The van der Waals surface area contributed by atoms with Crippen LogP contribution in [0.5, 0.6) is 0 Å². The van der Waals surface area contributed by atoms with Gasteiger partial charge in [0, 0.05) is 6.54 Å². The molecule has 0 saturated carbocycles. The standard InChI is InChI=1S/C15H19FN2O3S/c1-3-13-8-5-9-17(13)15(19)11-18(22(2,20)21)14-7-4-6-12(16)10-14/h4-8,10,13H,3,9,11H2,1-2H3. The van der Waals surface area contributed by atoms with Crippen LogP contribution in [0.1, 0.15) is 13.3 Å². The Morgan fingerprint density at radius 3 is 2.77 bits per heavy atom. The molecule has 2 rings (SSSR count). The third-order valence-corrected chi connectivity index (χ3v) is 4.72. The number of benzene rings is 1. The maximum absolute atomic E-state index is 13.3. The summed E-state index contributed by atoms with van der Waals surface area (Å²) < 4.78 is 38.2. The van der Waals surface area contributed by atoms with Gasteiger partial charge < -0.3 is 4.90 Å². The second-order valence-electron chi connectivity index (χ2n) is 5.20. The van der Waals surface area contributed by atoms with Crippen molar-refractivity contribution in [2.75, 3.05) is 23.7 Å². The van der Waals surface area contributed by atoms with E-state index in [1.165, 1.54) is 18.2 Å². The number of hydrogen-bond donors (Lipinski definition) is 0. The average molecular weight is 326 g/mol. The second-order valence-corrected chi connectivity index (χ2v) is 7.11. The summed E-state index contributed by atoms with van der Waals surface area (Å²) in [6.45, 7) is 2.10. The van der Waals surface area contributed by atoms with Crippen LogP contribution >= 0.6 is 0 Å². The highest BCUT2D eigenvalue weighted by Crippen LogP contribution is 2.20. The molecular formula is C15H19FN2O3S. The molecule has 1 unspecified atom stereocenters. The van der Waals surface area contributed by atoms with E-state index in [1.807, 2.05) is 19.1 Å². The molecule has 1 aromatic carbocycles. The molecule has 0 radical (unpaired) electrons. The molecule has 1 amide bonds. The molecule has 0 saturated heterocycles. The first-order chi connectivity index (χ1) is 10.3. The molecule has 1 aromatic rings. The monoisotopic (exact) mass is 326 g/mol. The fraction of sp³-hybridized carbons (Fsp3) is 0.400. The summed E-state index contributed by atoms with van der Waals surface area (Å²) in [6.07, 6.45) is 5.59. The summed E-state index contributed by atoms with van der Waals surface area (Å²) in [6, 6.07) is 5.20. The van der Waals surface area contributed by atoms with Crippen molar-refractivity contribution in [3.8, 4) is 0 Å². The minimum atomic E-state index is -3.68. The number of anilines is 1. The van der Waals surface area contributed by atoms with Gasteiger partial charge in [-0.05, 0) is 24.6 Å². The van der Waals surface area contributed by atoms with Crippen molar-refractivity contribution in [3.05, 3.63) is 42.2 Å². The number of nitrogens with zero attached hydrogens (tertiary/aromatic N) is 2. The van der Waals surface area contributed by atoms with E-state index in [-0.39, 0.29) is 24.2 Å². The Hall–Kier alpha value is -1.89. The first-order valence-corrected chi connectivity index (χ1v) is 8.87. The highest BCUT2D eigenvalue weighted by molar-refractivity contribution is 7.92. The van der Waals surface area contributed by atoms with Crippen LogP contribution in [0.2, 0.25) is 0 Å². The van der Waals surface area contributed by atoms with Crippen LogP contribution in [0.15, 0.2) is 36.4 Å². The van der Waals surface area contributed by atoms with Crippen molar-refractivity contribution < 1.29 is 17.6 Å². The first kappa shape index (κ1) is 16.5. The zero-order chi connectivity index (χ0) is 16.3. The number of sulfonamides is 1. The molecular weight excluding hydrogens is 307 g/mol. The molecule has 1 aliphatic heterocycles. The Morgan fingerprint density at radius 1 is 1.45 bits per heavy atom. The zero-order valence-electron chi connectivity index (χ0n) is 12.6. The van der Waals surface area contributed by atoms with Crippen molar-refractivity contribution in [1.29, 1.82) is 0 Å². The Morgan fingerprint density at radius 2 is 2.18 bits per heavy atom. The largest absolute Gasteiger partial charge is 0.331 e. The maximum Gasteiger partial charge on any atom is 0.244 e. The van der Waals surface area contributed by atoms with Gasteiger partial charge in [0.2, 0.25) is 15.9 Å². The molecule has 0 fully saturated rings. The van der Waals surface area contributed by atoms with Gasteiger partial charge in [0.25, 0.3) is 0 Å². The minimum absolute atomic E-state index is 0.0126. The van der Waals surface area contributed by atoms with E-state index in [4.69, 9.17) is 0 Å². The lowest BCUT2D eigenvalue weighted by Crippen LogP contribution is -2.44. The summed E-state index contributed by atoms with van der Waals surface area (Å²) in [5.41, 5.74) is 0.149. The fourth-order valence-electron chi connectivity index (χ4n) is 2.46. The predicted molar refractivity (Wildman–Crippen MR) is 83.5 cm³/mol. The van der Waals surface area contributed by atoms with Gasteiger partial charge >= 0.3 is 0 Å². The van der Waals surface area contributed by atoms with Crippen LogP contribution < -0.4 is 4.31 Å². The molecule has 7 heteroatoms. The van der Waals surface area contributed by atoms with E-state index < -0.39 is 15.8 Å². The van der Waals surface area contributed by atoms with Gasteiger partial charge in [0.1, 0.15) is 12.4 Å². The molecule has 0 spiro atoms. The van der Waals surface area contributed by atoms with Crippen molar-refractivity contribution in [3.63, 3.8) is 0 Å². The first-order valence-electron chi connectivity index (χ1n) is 7.02. The summed E-state index contributed by atoms with van der Waals surface area (Å²) >= 11 is 0. The van der Waals surface area contributed by atoms with E-state index in [0.717, 1.165) is 23.0 Å². The highest BCUT2D eigenvalue weighted by Gasteiger charge is 2.28. The van der Waals surface area contributed by atoms with Crippen LogP contribution in [-0.2, 0) is 14.8 Å². The van der Waals surface area contributed by atoms with Gasteiger partial charge in [0.05, 0.1) is 18.0 Å². The van der Waals surface area contributed by atoms with E-state index >= 15 is 0 Å². The molecule has 0 bridgehead atoms. The van der Waals surface area contributed by atoms with Crippen molar-refractivity contribution in [1.82, 2.24) is 4.90 Å². The Labute approximate surface area is 130 Å². The van der Waals surface area contributed by atoms with Crippen molar-refractivity contribution >= 4 is 21.6 Å².